The van der Waals surface area contributed by atoms with E-state index in [1.807, 2.05) is 19.1 Å². The van der Waals surface area contributed by atoms with E-state index in [0.717, 1.165) is 6.42 Å². The first-order valence-corrected chi connectivity index (χ1v) is 7.07. The van der Waals surface area contributed by atoms with Crippen LogP contribution in [-0.2, 0) is 0 Å². The third-order valence-corrected chi connectivity index (χ3v) is 3.01. The van der Waals surface area contributed by atoms with Gasteiger partial charge in [-0.05, 0) is 42.8 Å². The van der Waals surface area contributed by atoms with Gasteiger partial charge in [-0.3, -0.25) is 0 Å². The molecule has 114 valence electrons. The molecule has 0 aromatic heterocycles. The van der Waals surface area contributed by atoms with Gasteiger partial charge in [0.25, 0.3) is 0 Å². The zero-order chi connectivity index (χ0) is 16.7. The van der Waals surface area contributed by atoms with E-state index < -0.39 is 5.97 Å². The zero-order valence-corrected chi connectivity index (χ0v) is 12.6. The van der Waals surface area contributed by atoms with E-state index in [1.54, 1.807) is 24.3 Å². The number of carbonyl (C=O) groups is 1. The van der Waals surface area contributed by atoms with Crippen LogP contribution in [0.5, 0.6) is 11.5 Å². The van der Waals surface area contributed by atoms with Crippen LogP contribution in [0.25, 0.3) is 0 Å². The van der Waals surface area contributed by atoms with Gasteiger partial charge in [0, 0.05) is 6.07 Å². The van der Waals surface area contributed by atoms with Crippen molar-refractivity contribution in [1.29, 1.82) is 10.5 Å². The van der Waals surface area contributed by atoms with Crippen molar-refractivity contribution in [1.82, 2.24) is 0 Å². The molecule has 0 saturated carbocycles. The maximum Gasteiger partial charge on any atom is 0.343 e. The summed E-state index contributed by atoms with van der Waals surface area (Å²) in [5, 5.41) is 17.8. The highest BCUT2D eigenvalue weighted by Gasteiger charge is 2.11. The largest absolute Gasteiger partial charge is 0.494 e. The molecule has 0 aliphatic rings. The summed E-state index contributed by atoms with van der Waals surface area (Å²) < 4.78 is 10.7. The molecule has 0 spiro atoms. The Kier molecular flexibility index (Phi) is 5.33. The van der Waals surface area contributed by atoms with Gasteiger partial charge in [-0.1, -0.05) is 6.92 Å². The van der Waals surface area contributed by atoms with E-state index in [1.165, 1.54) is 18.2 Å². The average molecular weight is 306 g/mol. The Morgan fingerprint density at radius 3 is 2.26 bits per heavy atom. The molecule has 2 aromatic carbocycles. The van der Waals surface area contributed by atoms with Crippen molar-refractivity contribution in [2.45, 2.75) is 13.3 Å². The van der Waals surface area contributed by atoms with E-state index in [2.05, 4.69) is 0 Å². The molecule has 2 aromatic rings. The lowest BCUT2D eigenvalue weighted by molar-refractivity contribution is 0.0734. The Hall–Kier alpha value is -3.31. The summed E-state index contributed by atoms with van der Waals surface area (Å²) in [4.78, 5) is 12.1. The van der Waals surface area contributed by atoms with Gasteiger partial charge < -0.3 is 9.47 Å². The summed E-state index contributed by atoms with van der Waals surface area (Å²) in [7, 11) is 0. The maximum absolute atomic E-state index is 12.1. The molecule has 0 radical (unpaired) electrons. The number of ether oxygens (including phenoxy) is 2. The molecule has 0 bridgehead atoms. The first-order valence-electron chi connectivity index (χ1n) is 7.07. The molecule has 0 fully saturated rings. The van der Waals surface area contributed by atoms with Gasteiger partial charge in [-0.15, -0.1) is 0 Å². The van der Waals surface area contributed by atoms with Crippen LogP contribution in [0.1, 0.15) is 34.8 Å². The maximum atomic E-state index is 12.1. The van der Waals surface area contributed by atoms with Crippen molar-refractivity contribution < 1.29 is 14.3 Å². The molecule has 0 saturated heterocycles. The molecule has 0 unspecified atom stereocenters. The Bertz CT molecular complexity index is 783. The fraction of sp³-hybridized carbons (Fsp3) is 0.167. The molecule has 5 heteroatoms. The fourth-order valence-corrected chi connectivity index (χ4v) is 1.85. The predicted octanol–water partition coefficient (Wildman–Crippen LogP) is 3.44. The predicted molar refractivity (Wildman–Crippen MR) is 83.1 cm³/mol. The molecule has 5 nitrogen and oxygen atoms in total. The first kappa shape index (κ1) is 16.1. The van der Waals surface area contributed by atoms with Crippen LogP contribution in [0.3, 0.4) is 0 Å². The van der Waals surface area contributed by atoms with Crippen molar-refractivity contribution in [2.75, 3.05) is 6.61 Å². The lowest BCUT2D eigenvalue weighted by Gasteiger charge is -2.07. The van der Waals surface area contributed by atoms with E-state index in [9.17, 15) is 4.79 Å². The molecule has 2 rings (SSSR count). The van der Waals surface area contributed by atoms with Gasteiger partial charge in [0.2, 0.25) is 0 Å². The van der Waals surface area contributed by atoms with E-state index >= 15 is 0 Å². The Labute approximate surface area is 134 Å². The zero-order valence-electron chi connectivity index (χ0n) is 12.6. The summed E-state index contributed by atoms with van der Waals surface area (Å²) in [6.45, 7) is 2.63. The summed E-state index contributed by atoms with van der Waals surface area (Å²) in [5.41, 5.74) is 0.780. The summed E-state index contributed by atoms with van der Waals surface area (Å²) in [6.07, 6.45) is 0.906. The minimum absolute atomic E-state index is 0.168. The molecule has 0 atom stereocenters. The molecule has 0 aliphatic heterocycles. The van der Waals surface area contributed by atoms with Gasteiger partial charge in [0.15, 0.2) is 0 Å². The number of nitrogens with zero attached hydrogens (tertiary/aromatic N) is 2. The van der Waals surface area contributed by atoms with Crippen LogP contribution in [0.15, 0.2) is 42.5 Å². The Morgan fingerprint density at radius 1 is 1.00 bits per heavy atom. The SMILES string of the molecule is CCCOc1ccc(C(=O)Oc2ccc(C#N)c(C#N)c2)cc1. The normalized spacial score (nSPS) is 9.52. The molecule has 23 heavy (non-hydrogen) atoms. The van der Waals surface area contributed by atoms with E-state index in [4.69, 9.17) is 20.0 Å². The highest BCUT2D eigenvalue weighted by Crippen LogP contribution is 2.19. The third-order valence-electron chi connectivity index (χ3n) is 3.01. The third kappa shape index (κ3) is 4.09. The Balaban J connectivity index is 2.10. The van der Waals surface area contributed by atoms with Crippen molar-refractivity contribution in [2.24, 2.45) is 0 Å². The molecular weight excluding hydrogens is 292 g/mol. The van der Waals surface area contributed by atoms with Gasteiger partial charge in [-0.2, -0.15) is 10.5 Å². The van der Waals surface area contributed by atoms with Crippen molar-refractivity contribution >= 4 is 5.97 Å². The van der Waals surface area contributed by atoms with Gasteiger partial charge in [0.1, 0.15) is 23.6 Å². The lowest BCUT2D eigenvalue weighted by Crippen LogP contribution is -2.08. The number of benzene rings is 2. The molecule has 0 amide bonds. The summed E-state index contributed by atoms with van der Waals surface area (Å²) >= 11 is 0. The number of hydrogen-bond donors (Lipinski definition) is 0. The van der Waals surface area contributed by atoms with Crippen molar-refractivity contribution in [3.63, 3.8) is 0 Å². The first-order chi connectivity index (χ1) is 11.2. The fourth-order valence-electron chi connectivity index (χ4n) is 1.85. The van der Waals surface area contributed by atoms with Crippen LogP contribution in [-0.4, -0.2) is 12.6 Å². The van der Waals surface area contributed by atoms with Gasteiger partial charge in [0.05, 0.1) is 23.3 Å². The second-order valence-electron chi connectivity index (χ2n) is 4.69. The molecule has 0 aliphatic carbocycles. The number of nitriles is 2. The van der Waals surface area contributed by atoms with Crippen LogP contribution in [0.2, 0.25) is 0 Å². The van der Waals surface area contributed by atoms with E-state index in [-0.39, 0.29) is 16.9 Å². The molecular formula is C18H14N2O3. The van der Waals surface area contributed by atoms with Crippen LogP contribution in [0, 0.1) is 22.7 Å². The molecule has 0 heterocycles. The van der Waals surface area contributed by atoms with Crippen molar-refractivity contribution in [3.8, 4) is 23.6 Å². The van der Waals surface area contributed by atoms with Crippen molar-refractivity contribution in [3.05, 3.63) is 59.2 Å². The molecule has 0 N–H and O–H groups in total. The second-order valence-corrected chi connectivity index (χ2v) is 4.69. The lowest BCUT2D eigenvalue weighted by atomic mass is 10.1. The van der Waals surface area contributed by atoms with E-state index in [0.29, 0.717) is 17.9 Å². The average Bonchev–Trinajstić information content (AvgIpc) is 2.60. The second kappa shape index (κ2) is 7.63. The summed E-state index contributed by atoms with van der Waals surface area (Å²) in [6, 6.07) is 14.7. The monoisotopic (exact) mass is 306 g/mol. The smallest absolute Gasteiger partial charge is 0.343 e. The minimum atomic E-state index is -0.541. The highest BCUT2D eigenvalue weighted by molar-refractivity contribution is 5.91. The number of esters is 1. The number of hydrogen-bond acceptors (Lipinski definition) is 5. The van der Waals surface area contributed by atoms with Crippen LogP contribution < -0.4 is 9.47 Å². The quantitative estimate of drug-likeness (QED) is 0.624. The number of carbonyl (C=O) groups excluding carboxylic acids is 1. The highest BCUT2D eigenvalue weighted by atomic mass is 16.5. The summed E-state index contributed by atoms with van der Waals surface area (Å²) in [5.74, 6) is 0.367. The van der Waals surface area contributed by atoms with Gasteiger partial charge >= 0.3 is 5.97 Å². The van der Waals surface area contributed by atoms with Crippen LogP contribution in [0.4, 0.5) is 0 Å². The topological polar surface area (TPSA) is 83.1 Å². The van der Waals surface area contributed by atoms with Gasteiger partial charge in [-0.25, -0.2) is 4.79 Å². The van der Waals surface area contributed by atoms with Crippen LogP contribution >= 0.6 is 0 Å². The Morgan fingerprint density at radius 2 is 1.65 bits per heavy atom. The number of rotatable bonds is 5. The standard InChI is InChI=1S/C18H14N2O3/c1-2-9-22-16-6-3-13(4-7-16)18(21)23-17-8-5-14(11-19)15(10-17)12-20/h3-8,10H,2,9H2,1H3. The minimum Gasteiger partial charge on any atom is -0.494 e.